The number of aromatic nitrogens is 4. The van der Waals surface area contributed by atoms with Gasteiger partial charge in [0, 0.05) is 102 Å². The average molecular weight is 726 g/mol. The minimum absolute atomic E-state index is 0.168. The lowest BCUT2D eigenvalue weighted by atomic mass is 10.1. The number of hydrogen-bond donors (Lipinski definition) is 2. The van der Waals surface area contributed by atoms with Crippen LogP contribution in [0.3, 0.4) is 0 Å². The van der Waals surface area contributed by atoms with Gasteiger partial charge in [-0.2, -0.15) is 0 Å². The van der Waals surface area contributed by atoms with Gasteiger partial charge in [-0.1, -0.05) is 72.8 Å². The van der Waals surface area contributed by atoms with Crippen molar-refractivity contribution in [3.05, 3.63) is 144 Å². The lowest BCUT2D eigenvalue weighted by Crippen LogP contribution is -2.07. The number of carboxylic acids is 1. The molecule has 4 heterocycles. The molecule has 278 valence electrons. The number of rotatable bonds is 7. The summed E-state index contributed by atoms with van der Waals surface area (Å²) in [5, 5.41) is 13.1. The fraction of sp³-hybridized carbons (Fsp3) is 0.205. The molecule has 0 aliphatic carbocycles. The third kappa shape index (κ3) is 8.79. The molecule has 0 unspecified atom stereocenters. The van der Waals surface area contributed by atoms with E-state index < -0.39 is 5.97 Å². The highest BCUT2D eigenvalue weighted by atomic mass is 16.5. The average Bonchev–Trinajstić information content (AvgIpc) is 3.90. The number of aryl methyl sites for hydroxylation is 4. The van der Waals surface area contributed by atoms with Gasteiger partial charge in [0.2, 0.25) is 0 Å². The summed E-state index contributed by atoms with van der Waals surface area (Å²) in [6.07, 6.45) is 9.82. The first kappa shape index (κ1) is 38.8. The summed E-state index contributed by atoms with van der Waals surface area (Å²) < 4.78 is 12.9. The molecule has 0 saturated heterocycles. The maximum absolute atomic E-state index is 11.4. The van der Waals surface area contributed by atoms with E-state index in [0.717, 1.165) is 56.5 Å². The number of esters is 1. The van der Waals surface area contributed by atoms with E-state index in [9.17, 15) is 14.4 Å². The topological polar surface area (TPSA) is 126 Å². The Bertz CT molecular complexity index is 2530. The number of hydrogen-bond acceptors (Lipinski definition) is 5. The van der Waals surface area contributed by atoms with Crippen LogP contribution in [-0.2, 0) is 50.6 Å². The van der Waals surface area contributed by atoms with E-state index in [1.54, 1.807) is 6.20 Å². The van der Waals surface area contributed by atoms with Gasteiger partial charge < -0.3 is 33.8 Å². The zero-order valence-corrected chi connectivity index (χ0v) is 31.4. The molecule has 10 heteroatoms. The highest BCUT2D eigenvalue weighted by molar-refractivity contribution is 6.03. The van der Waals surface area contributed by atoms with Crippen molar-refractivity contribution in [3.8, 4) is 0 Å². The highest BCUT2D eigenvalue weighted by Crippen LogP contribution is 2.23. The van der Waals surface area contributed by atoms with Crippen molar-refractivity contribution in [2.24, 2.45) is 33.9 Å². The molecule has 4 aromatic carbocycles. The standard InChI is InChI=1S/C13H15NO2.C11H14N2.C10H9NO2.C10H9NO/c1-3-16-13(15)8-10-9-14(2)12-7-5-4-6-11(10)12;1-13-8-9(6-7-12)10-4-2-3-5-11(10)13;1-11-6-8(10(12)13)7-4-2-3-5-9(7)11;1-11-6-8(7-12)9-4-2-3-5-10(9)11/h4-7,9H,3,8H2,1-2H3;2-5,8H,6-7,12H2,1H3;2-6H,1H3,(H,12,13);2-7H,1H3. The van der Waals surface area contributed by atoms with E-state index in [-0.39, 0.29) is 5.97 Å². The van der Waals surface area contributed by atoms with Crippen molar-refractivity contribution in [1.29, 1.82) is 0 Å². The minimum Gasteiger partial charge on any atom is -0.478 e. The molecule has 0 spiro atoms. The summed E-state index contributed by atoms with van der Waals surface area (Å²) in [6, 6.07) is 31.8. The normalized spacial score (nSPS) is 10.6. The van der Waals surface area contributed by atoms with Crippen LogP contribution in [0.15, 0.2) is 122 Å². The lowest BCUT2D eigenvalue weighted by molar-refractivity contribution is -0.142. The van der Waals surface area contributed by atoms with Crippen LogP contribution < -0.4 is 5.73 Å². The van der Waals surface area contributed by atoms with Crippen molar-refractivity contribution in [2.45, 2.75) is 19.8 Å². The first-order valence-electron chi connectivity index (χ1n) is 17.8. The molecule has 0 aliphatic rings. The van der Waals surface area contributed by atoms with Crippen LogP contribution in [-0.4, -0.2) is 54.8 Å². The summed E-state index contributed by atoms with van der Waals surface area (Å²) in [7, 11) is 7.84. The van der Waals surface area contributed by atoms with E-state index in [0.29, 0.717) is 25.1 Å². The van der Waals surface area contributed by atoms with E-state index in [1.807, 2.05) is 127 Å². The number of aromatic carboxylic acids is 1. The minimum atomic E-state index is -0.878. The summed E-state index contributed by atoms with van der Waals surface area (Å²) in [4.78, 5) is 32.9. The van der Waals surface area contributed by atoms with Gasteiger partial charge >= 0.3 is 11.9 Å². The Labute approximate surface area is 314 Å². The molecular weight excluding hydrogens is 679 g/mol. The van der Waals surface area contributed by atoms with Gasteiger partial charge in [-0.15, -0.1) is 0 Å². The molecule has 0 aliphatic heterocycles. The van der Waals surface area contributed by atoms with Gasteiger partial charge in [0.15, 0.2) is 6.29 Å². The van der Waals surface area contributed by atoms with Crippen LogP contribution in [0.5, 0.6) is 0 Å². The first-order valence-corrected chi connectivity index (χ1v) is 17.8. The van der Waals surface area contributed by atoms with Crippen LogP contribution in [0.25, 0.3) is 43.6 Å². The summed E-state index contributed by atoms with van der Waals surface area (Å²) >= 11 is 0. The third-order valence-corrected chi connectivity index (χ3v) is 9.19. The van der Waals surface area contributed by atoms with Crippen molar-refractivity contribution in [1.82, 2.24) is 18.3 Å². The molecule has 8 aromatic rings. The maximum atomic E-state index is 11.4. The van der Waals surface area contributed by atoms with Crippen LogP contribution >= 0.6 is 0 Å². The molecule has 8 rings (SSSR count). The smallest absolute Gasteiger partial charge is 0.337 e. The molecule has 0 bridgehead atoms. The van der Waals surface area contributed by atoms with Crippen LogP contribution in [0.4, 0.5) is 0 Å². The van der Waals surface area contributed by atoms with Gasteiger partial charge in [0.25, 0.3) is 0 Å². The van der Waals surface area contributed by atoms with E-state index >= 15 is 0 Å². The number of para-hydroxylation sites is 4. The Kier molecular flexibility index (Phi) is 12.9. The van der Waals surface area contributed by atoms with Crippen molar-refractivity contribution in [3.63, 3.8) is 0 Å². The third-order valence-electron chi connectivity index (χ3n) is 9.19. The largest absolute Gasteiger partial charge is 0.478 e. The predicted octanol–water partition coefficient (Wildman–Crippen LogP) is 7.83. The van der Waals surface area contributed by atoms with E-state index in [4.69, 9.17) is 15.6 Å². The lowest BCUT2D eigenvalue weighted by Gasteiger charge is -2.00. The Morgan fingerprint density at radius 1 is 0.630 bits per heavy atom. The van der Waals surface area contributed by atoms with Crippen molar-refractivity contribution < 1.29 is 24.2 Å². The monoisotopic (exact) mass is 725 g/mol. The van der Waals surface area contributed by atoms with Crippen LogP contribution in [0.2, 0.25) is 0 Å². The van der Waals surface area contributed by atoms with Crippen molar-refractivity contribution >= 4 is 61.8 Å². The predicted molar refractivity (Wildman–Crippen MR) is 217 cm³/mol. The molecule has 4 aromatic heterocycles. The van der Waals surface area contributed by atoms with Gasteiger partial charge in [-0.05, 0) is 55.3 Å². The maximum Gasteiger partial charge on any atom is 0.337 e. The Morgan fingerprint density at radius 3 is 1.57 bits per heavy atom. The van der Waals surface area contributed by atoms with Crippen molar-refractivity contribution in [2.75, 3.05) is 13.2 Å². The van der Waals surface area contributed by atoms with Crippen LogP contribution in [0, 0.1) is 0 Å². The van der Waals surface area contributed by atoms with Gasteiger partial charge in [-0.3, -0.25) is 9.59 Å². The number of aldehydes is 1. The fourth-order valence-electron chi connectivity index (χ4n) is 6.69. The van der Waals surface area contributed by atoms with Gasteiger partial charge in [0.1, 0.15) is 0 Å². The number of carbonyl (C=O) groups is 3. The van der Waals surface area contributed by atoms with Crippen LogP contribution in [0.1, 0.15) is 38.8 Å². The molecule has 0 radical (unpaired) electrons. The quantitative estimate of drug-likeness (QED) is 0.127. The van der Waals surface area contributed by atoms with Gasteiger partial charge in [0.05, 0.1) is 18.6 Å². The number of nitrogens with zero attached hydrogens (tertiary/aromatic N) is 4. The summed E-state index contributed by atoms with van der Waals surface area (Å²) in [5.41, 5.74) is 13.5. The second-order valence-electron chi connectivity index (χ2n) is 12.9. The summed E-state index contributed by atoms with van der Waals surface area (Å²) in [6.45, 7) is 2.97. The SMILES string of the molecule is CCOC(=O)Cc1cn(C)c2ccccc12.Cn1cc(C(=O)O)c2ccccc21.Cn1cc(C=O)c2ccccc21.Cn1cc(CCN)c2ccccc21. The molecule has 10 nitrogen and oxygen atoms in total. The highest BCUT2D eigenvalue weighted by Gasteiger charge is 2.12. The number of carbonyl (C=O) groups excluding carboxylic acids is 2. The molecule has 0 atom stereocenters. The zero-order chi connectivity index (χ0) is 38.8. The Morgan fingerprint density at radius 2 is 1.06 bits per heavy atom. The zero-order valence-electron chi connectivity index (χ0n) is 31.4. The Hall–Kier alpha value is -6.39. The molecule has 0 fully saturated rings. The first-order chi connectivity index (χ1) is 26.1. The molecular formula is C44H47N5O5. The fourth-order valence-corrected chi connectivity index (χ4v) is 6.69. The molecule has 54 heavy (non-hydrogen) atoms. The molecule has 3 N–H and O–H groups in total. The number of nitrogens with two attached hydrogens (primary N) is 1. The van der Waals surface area contributed by atoms with E-state index in [1.165, 1.54) is 16.5 Å². The number of ether oxygens (including phenoxy) is 1. The molecule has 0 amide bonds. The number of carboxylic acid groups (broad SMARTS) is 1. The van der Waals surface area contributed by atoms with Gasteiger partial charge in [-0.25, -0.2) is 4.79 Å². The Balaban J connectivity index is 0.000000139. The summed E-state index contributed by atoms with van der Waals surface area (Å²) in [5.74, 6) is -1.05. The number of fused-ring (bicyclic) bond motifs is 4. The molecule has 0 saturated carbocycles. The van der Waals surface area contributed by atoms with E-state index in [2.05, 4.69) is 42.1 Å². The number of benzene rings is 4. The second kappa shape index (κ2) is 17.9. The second-order valence-corrected chi connectivity index (χ2v) is 12.9.